The smallest absolute Gasteiger partial charge is 0.165 e. The summed E-state index contributed by atoms with van der Waals surface area (Å²) in [4.78, 5) is 5.03. The molecule has 2 aromatic rings. The molecule has 4 heterocycles. The summed E-state index contributed by atoms with van der Waals surface area (Å²) in [5, 5.41) is 20.6. The third-order valence-electron chi connectivity index (χ3n) is 14.1. The van der Waals surface area contributed by atoms with Gasteiger partial charge in [-0.15, -0.1) is 5.73 Å². The molecule has 2 aromatic carbocycles. The number of hydrogen-bond acceptors (Lipinski definition) is 6. The first-order valence-corrected chi connectivity index (χ1v) is 19.4. The summed E-state index contributed by atoms with van der Waals surface area (Å²) in [5.74, 6) is 3.32. The Morgan fingerprint density at radius 1 is 0.765 bits per heavy atom. The van der Waals surface area contributed by atoms with Gasteiger partial charge in [-0.1, -0.05) is 84.0 Å². The van der Waals surface area contributed by atoms with E-state index in [0.29, 0.717) is 35.6 Å². The quantitative estimate of drug-likeness (QED) is 0.244. The number of aliphatic hydroxyl groups is 1. The number of ether oxygens (including phenoxy) is 2. The molecule has 2 spiro atoms. The Balaban J connectivity index is 0.000000145. The van der Waals surface area contributed by atoms with E-state index in [-0.39, 0.29) is 39.6 Å². The third-order valence-corrected chi connectivity index (χ3v) is 14.1. The first kappa shape index (κ1) is 33.5. The molecule has 0 aromatic heterocycles. The molecular formula is C45H56N2O4. The van der Waals surface area contributed by atoms with Crippen LogP contribution in [0.15, 0.2) is 60.4 Å². The summed E-state index contributed by atoms with van der Waals surface area (Å²) in [6.45, 7) is 15.9. The number of likely N-dealkylation sites (N-methyl/N-ethyl adjacent to an activating group) is 2. The molecule has 0 saturated carbocycles. The molecule has 6 heteroatoms. The number of aromatic hydroxyl groups is 1. The zero-order valence-electron chi connectivity index (χ0n) is 31.7. The van der Waals surface area contributed by atoms with Gasteiger partial charge in [0.25, 0.3) is 0 Å². The first-order chi connectivity index (χ1) is 24.1. The average Bonchev–Trinajstić information content (AvgIpc) is 3.60. The Bertz CT molecular complexity index is 1910. The molecule has 4 bridgehead atoms. The number of aliphatic hydroxyl groups excluding tert-OH is 1. The lowest BCUT2D eigenvalue weighted by molar-refractivity contribution is -0.0453. The van der Waals surface area contributed by atoms with Gasteiger partial charge in [-0.3, -0.25) is 0 Å². The van der Waals surface area contributed by atoms with Crippen LogP contribution in [0.3, 0.4) is 0 Å². The molecule has 8 aliphatic rings. The van der Waals surface area contributed by atoms with E-state index in [0.717, 1.165) is 38.1 Å². The normalized spacial score (nSPS) is 37.6. The van der Waals surface area contributed by atoms with Crippen LogP contribution in [0.4, 0.5) is 0 Å². The van der Waals surface area contributed by atoms with E-state index >= 15 is 0 Å². The van der Waals surface area contributed by atoms with E-state index in [9.17, 15) is 10.2 Å². The van der Waals surface area contributed by atoms with Gasteiger partial charge in [0.15, 0.2) is 11.5 Å². The van der Waals surface area contributed by atoms with Crippen LogP contribution in [-0.4, -0.2) is 77.6 Å². The SMILES string of the molecule is CN1CC[C@]23c4c5ccc(C=C=CC(C)(C)C)c4OC2C(C(C)(C)C)C=C[C@H]3[C@H]1C5.CN1CC[C@]23c4c5ccc(O)c4OC2[C@@H](O)C=C[C@H]3[C@H]1C5. The van der Waals surface area contributed by atoms with Gasteiger partial charge < -0.3 is 29.5 Å². The topological polar surface area (TPSA) is 65.4 Å². The Hall–Kier alpha value is -3.28. The summed E-state index contributed by atoms with van der Waals surface area (Å²) in [5.41, 5.74) is 10.4. The summed E-state index contributed by atoms with van der Waals surface area (Å²) >= 11 is 0. The van der Waals surface area contributed by atoms with Crippen molar-refractivity contribution in [3.63, 3.8) is 0 Å². The number of rotatable bonds is 1. The Labute approximate surface area is 304 Å². The second-order valence-corrected chi connectivity index (χ2v) is 19.2. The lowest BCUT2D eigenvalue weighted by atomic mass is 9.50. The van der Waals surface area contributed by atoms with E-state index in [4.69, 9.17) is 9.47 Å². The summed E-state index contributed by atoms with van der Waals surface area (Å²) in [7, 11) is 4.50. The first-order valence-electron chi connectivity index (χ1n) is 19.4. The Morgan fingerprint density at radius 3 is 1.96 bits per heavy atom. The molecule has 4 aliphatic carbocycles. The van der Waals surface area contributed by atoms with Gasteiger partial charge in [0.05, 0.1) is 0 Å². The van der Waals surface area contributed by atoms with Gasteiger partial charge >= 0.3 is 0 Å². The standard InChI is InChI=1S/C28H37NO.C17H19NO3/c1-26(2,3)14-8-9-18-10-11-19-17-22-20-12-13-21(27(4,5)6)25-28(20,15-16-29(22)7)23(19)24(18)30-25;1-18-7-6-17-10-3-5-13(20)16(17)21-15-12(19)4-2-9(14(15)17)8-11(10)18/h9-14,20-22,25H,15-17H2,1-7H3;2-5,10-11,13,16,19-20H,6-8H2,1H3/t8?,20-,21?,22+,25?,28-;10-,11+,13-,16?,17-/m00/s1. The van der Waals surface area contributed by atoms with Crippen LogP contribution in [0.5, 0.6) is 17.2 Å². The predicted molar refractivity (Wildman–Crippen MR) is 202 cm³/mol. The zero-order chi connectivity index (χ0) is 35.8. The molecule has 0 amide bonds. The molecule has 3 unspecified atom stereocenters. The number of benzene rings is 2. The average molecular weight is 689 g/mol. The van der Waals surface area contributed by atoms with Crippen LogP contribution in [0.25, 0.3) is 6.08 Å². The lowest BCUT2D eigenvalue weighted by Gasteiger charge is -2.58. The highest BCUT2D eigenvalue weighted by Gasteiger charge is 2.66. The van der Waals surface area contributed by atoms with Crippen LogP contribution in [0.1, 0.15) is 82.2 Å². The van der Waals surface area contributed by atoms with E-state index in [1.165, 1.54) is 34.2 Å². The van der Waals surface area contributed by atoms with Crippen molar-refractivity contribution < 1.29 is 19.7 Å². The molecule has 10 atom stereocenters. The third kappa shape index (κ3) is 4.65. The van der Waals surface area contributed by atoms with Crippen molar-refractivity contribution in [3.05, 3.63) is 88.2 Å². The predicted octanol–water partition coefficient (Wildman–Crippen LogP) is 7.21. The van der Waals surface area contributed by atoms with Gasteiger partial charge in [-0.2, -0.15) is 0 Å². The van der Waals surface area contributed by atoms with Gasteiger partial charge in [-0.05, 0) is 93.0 Å². The molecule has 4 aliphatic heterocycles. The number of nitrogens with zero attached hydrogens (tertiary/aromatic N) is 2. The van der Waals surface area contributed by atoms with Crippen LogP contribution in [0, 0.1) is 28.6 Å². The molecule has 51 heavy (non-hydrogen) atoms. The van der Waals surface area contributed by atoms with Crippen molar-refractivity contribution >= 4 is 6.08 Å². The minimum absolute atomic E-state index is 0.129. The molecule has 2 N–H and O–H groups in total. The number of hydrogen-bond donors (Lipinski definition) is 2. The maximum absolute atomic E-state index is 10.4. The van der Waals surface area contributed by atoms with Crippen molar-refractivity contribution in [3.8, 4) is 17.2 Å². The molecule has 6 nitrogen and oxygen atoms in total. The molecule has 270 valence electrons. The van der Waals surface area contributed by atoms with Gasteiger partial charge in [-0.25, -0.2) is 0 Å². The van der Waals surface area contributed by atoms with E-state index in [2.05, 4.69) is 114 Å². The van der Waals surface area contributed by atoms with Crippen molar-refractivity contribution in [2.45, 2.75) is 108 Å². The summed E-state index contributed by atoms with van der Waals surface area (Å²) in [6, 6.07) is 9.46. The fraction of sp³-hybridized carbons (Fsp3) is 0.578. The summed E-state index contributed by atoms with van der Waals surface area (Å²) < 4.78 is 13.1. The van der Waals surface area contributed by atoms with Crippen LogP contribution in [-0.2, 0) is 23.7 Å². The molecule has 0 radical (unpaired) electrons. The highest BCUT2D eigenvalue weighted by atomic mass is 16.5. The van der Waals surface area contributed by atoms with Gasteiger partial charge in [0, 0.05) is 57.4 Å². The van der Waals surface area contributed by atoms with Gasteiger partial charge in [0.1, 0.15) is 24.1 Å². The highest BCUT2D eigenvalue weighted by molar-refractivity contribution is 5.68. The number of piperidine rings is 2. The van der Waals surface area contributed by atoms with Crippen molar-refractivity contribution in [2.24, 2.45) is 28.6 Å². The molecular weight excluding hydrogens is 633 g/mol. The lowest BCUT2D eigenvalue weighted by Crippen LogP contribution is -2.64. The monoisotopic (exact) mass is 688 g/mol. The minimum Gasteiger partial charge on any atom is -0.504 e. The minimum atomic E-state index is -0.594. The van der Waals surface area contributed by atoms with Crippen molar-refractivity contribution in [1.82, 2.24) is 9.80 Å². The highest BCUT2D eigenvalue weighted by Crippen LogP contribution is 2.65. The maximum atomic E-state index is 10.4. The Kier molecular flexibility index (Phi) is 7.31. The van der Waals surface area contributed by atoms with Crippen LogP contribution < -0.4 is 9.47 Å². The fourth-order valence-corrected chi connectivity index (χ4v) is 11.8. The van der Waals surface area contributed by atoms with Crippen molar-refractivity contribution in [2.75, 3.05) is 27.2 Å². The fourth-order valence-electron chi connectivity index (χ4n) is 11.8. The van der Waals surface area contributed by atoms with Crippen molar-refractivity contribution in [1.29, 1.82) is 0 Å². The van der Waals surface area contributed by atoms with E-state index < -0.39 is 6.10 Å². The van der Waals surface area contributed by atoms with Gasteiger partial charge in [0.2, 0.25) is 0 Å². The zero-order valence-corrected chi connectivity index (χ0v) is 31.7. The molecule has 2 fully saturated rings. The summed E-state index contributed by atoms with van der Waals surface area (Å²) in [6.07, 6.45) is 17.1. The second-order valence-electron chi connectivity index (χ2n) is 19.2. The van der Waals surface area contributed by atoms with Crippen LogP contribution >= 0.6 is 0 Å². The number of likely N-dealkylation sites (tertiary alicyclic amines) is 2. The van der Waals surface area contributed by atoms with Crippen LogP contribution in [0.2, 0.25) is 0 Å². The number of phenols is 1. The second kappa shape index (κ2) is 11.1. The number of allylic oxidation sites excluding steroid dienone is 1. The van der Waals surface area contributed by atoms with E-state index in [1.54, 1.807) is 6.07 Å². The maximum Gasteiger partial charge on any atom is 0.165 e. The number of phenolic OH excluding ortho intramolecular Hbond substituents is 1. The molecule has 10 rings (SSSR count). The Morgan fingerprint density at radius 2 is 1.33 bits per heavy atom. The van der Waals surface area contributed by atoms with E-state index in [1.807, 2.05) is 12.1 Å². The largest absolute Gasteiger partial charge is 0.504 e. The molecule has 2 saturated heterocycles.